The summed E-state index contributed by atoms with van der Waals surface area (Å²) in [5.74, 6) is 1.65. The third-order valence-corrected chi connectivity index (χ3v) is 4.95. The lowest BCUT2D eigenvalue weighted by atomic mass is 10.1. The molecule has 3 nitrogen and oxygen atoms in total. The summed E-state index contributed by atoms with van der Waals surface area (Å²) in [6.07, 6.45) is 2.14. The highest BCUT2D eigenvalue weighted by molar-refractivity contribution is 9.10. The molecule has 0 radical (unpaired) electrons. The van der Waals surface area contributed by atoms with Gasteiger partial charge in [-0.05, 0) is 37.8 Å². The van der Waals surface area contributed by atoms with E-state index in [1.54, 1.807) is 0 Å². The maximum atomic E-state index is 5.39. The Hall–Kier alpha value is -0.390. The largest absolute Gasteiger partial charge is 0.454 e. The van der Waals surface area contributed by atoms with Crippen molar-refractivity contribution in [3.63, 3.8) is 0 Å². The number of benzene rings is 1. The minimum atomic E-state index is 0.253. The maximum absolute atomic E-state index is 5.39. The predicted molar refractivity (Wildman–Crippen MR) is 79.6 cm³/mol. The van der Waals surface area contributed by atoms with Crippen LogP contribution in [0.1, 0.15) is 19.4 Å². The standard InChI is InChI=1S/C13H18BrNO2S/c1-13(2,18-3)7-15-6-9-4-11-12(5-10(9)14)17-8-16-11/h4-5,15H,6-8H2,1-3H3. The third-order valence-electron chi connectivity index (χ3n) is 2.96. The van der Waals surface area contributed by atoms with Crippen LogP contribution in [0, 0.1) is 0 Å². The molecule has 0 fully saturated rings. The molecular weight excluding hydrogens is 314 g/mol. The average Bonchev–Trinajstić information content (AvgIpc) is 2.76. The predicted octanol–water partition coefficient (Wildman–Crippen LogP) is 3.41. The Bertz CT molecular complexity index is 437. The molecule has 1 aromatic carbocycles. The summed E-state index contributed by atoms with van der Waals surface area (Å²) < 4.78 is 12.0. The lowest BCUT2D eigenvalue weighted by Crippen LogP contribution is -2.31. The van der Waals surface area contributed by atoms with E-state index >= 15 is 0 Å². The molecule has 0 unspecified atom stereocenters. The first-order chi connectivity index (χ1) is 8.52. The molecule has 0 spiro atoms. The SMILES string of the molecule is CSC(C)(C)CNCc1cc2c(cc1Br)OCO2. The van der Waals surface area contributed by atoms with E-state index in [2.05, 4.69) is 41.3 Å². The normalized spacial score (nSPS) is 14.0. The molecule has 0 amide bonds. The number of halogens is 1. The fourth-order valence-electron chi connectivity index (χ4n) is 1.67. The van der Waals surface area contributed by atoms with Gasteiger partial charge in [0.2, 0.25) is 6.79 Å². The molecule has 100 valence electrons. The number of hydrogen-bond donors (Lipinski definition) is 1. The van der Waals surface area contributed by atoms with Gasteiger partial charge in [0.25, 0.3) is 0 Å². The Morgan fingerprint density at radius 1 is 1.33 bits per heavy atom. The second kappa shape index (κ2) is 5.72. The van der Waals surface area contributed by atoms with Crippen molar-refractivity contribution in [3.05, 3.63) is 22.2 Å². The van der Waals surface area contributed by atoms with Crippen LogP contribution in [0.2, 0.25) is 0 Å². The molecule has 1 aromatic rings. The van der Waals surface area contributed by atoms with Crippen molar-refractivity contribution in [2.24, 2.45) is 0 Å². The molecule has 0 aliphatic carbocycles. The molecule has 2 rings (SSSR count). The van der Waals surface area contributed by atoms with Crippen LogP contribution in [0.15, 0.2) is 16.6 Å². The van der Waals surface area contributed by atoms with E-state index in [1.165, 1.54) is 5.56 Å². The number of fused-ring (bicyclic) bond motifs is 1. The zero-order chi connectivity index (χ0) is 13.2. The third kappa shape index (κ3) is 3.33. The molecule has 0 saturated heterocycles. The molecular formula is C13H18BrNO2S. The first kappa shape index (κ1) is 14.0. The number of nitrogens with one attached hydrogen (secondary N) is 1. The van der Waals surface area contributed by atoms with Crippen LogP contribution >= 0.6 is 27.7 Å². The van der Waals surface area contributed by atoms with E-state index in [9.17, 15) is 0 Å². The zero-order valence-electron chi connectivity index (χ0n) is 10.9. The van der Waals surface area contributed by atoms with E-state index < -0.39 is 0 Å². The van der Waals surface area contributed by atoms with Gasteiger partial charge >= 0.3 is 0 Å². The number of ether oxygens (including phenoxy) is 2. The van der Waals surface area contributed by atoms with Crippen molar-refractivity contribution in [3.8, 4) is 11.5 Å². The highest BCUT2D eigenvalue weighted by Crippen LogP contribution is 2.36. The Morgan fingerprint density at radius 3 is 2.67 bits per heavy atom. The average molecular weight is 332 g/mol. The summed E-state index contributed by atoms with van der Waals surface area (Å²) in [4.78, 5) is 0. The summed E-state index contributed by atoms with van der Waals surface area (Å²) in [7, 11) is 0. The van der Waals surface area contributed by atoms with E-state index in [0.29, 0.717) is 6.79 Å². The number of rotatable bonds is 5. The summed E-state index contributed by atoms with van der Waals surface area (Å²) >= 11 is 5.43. The Balaban J connectivity index is 1.98. The van der Waals surface area contributed by atoms with Crippen molar-refractivity contribution in [2.75, 3.05) is 19.6 Å². The Labute approximate surface area is 121 Å². The van der Waals surface area contributed by atoms with Crippen LogP contribution in [0.25, 0.3) is 0 Å². The number of hydrogen-bond acceptors (Lipinski definition) is 4. The summed E-state index contributed by atoms with van der Waals surface area (Å²) in [5, 5.41) is 3.48. The van der Waals surface area contributed by atoms with Gasteiger partial charge < -0.3 is 14.8 Å². The first-order valence-electron chi connectivity index (χ1n) is 5.86. The Kier molecular flexibility index (Phi) is 4.45. The van der Waals surface area contributed by atoms with Crippen molar-refractivity contribution in [1.82, 2.24) is 5.32 Å². The van der Waals surface area contributed by atoms with Gasteiger partial charge in [0.15, 0.2) is 11.5 Å². The van der Waals surface area contributed by atoms with Crippen LogP contribution < -0.4 is 14.8 Å². The topological polar surface area (TPSA) is 30.5 Å². The van der Waals surface area contributed by atoms with Crippen LogP contribution in [0.3, 0.4) is 0 Å². The van der Waals surface area contributed by atoms with Gasteiger partial charge in [-0.2, -0.15) is 11.8 Å². The zero-order valence-corrected chi connectivity index (χ0v) is 13.3. The summed E-state index contributed by atoms with van der Waals surface area (Å²) in [6, 6.07) is 4.00. The van der Waals surface area contributed by atoms with Gasteiger partial charge in [0, 0.05) is 22.3 Å². The van der Waals surface area contributed by atoms with Gasteiger partial charge in [-0.1, -0.05) is 15.9 Å². The van der Waals surface area contributed by atoms with E-state index in [4.69, 9.17) is 9.47 Å². The molecule has 0 aromatic heterocycles. The molecule has 18 heavy (non-hydrogen) atoms. The quantitative estimate of drug-likeness (QED) is 0.895. The van der Waals surface area contributed by atoms with Crippen LogP contribution in [-0.4, -0.2) is 24.3 Å². The van der Waals surface area contributed by atoms with E-state index in [1.807, 2.05) is 23.9 Å². The van der Waals surface area contributed by atoms with E-state index in [-0.39, 0.29) is 4.75 Å². The first-order valence-corrected chi connectivity index (χ1v) is 7.87. The van der Waals surface area contributed by atoms with Crippen LogP contribution in [-0.2, 0) is 6.54 Å². The molecule has 0 atom stereocenters. The molecule has 1 aliphatic heterocycles. The van der Waals surface area contributed by atoms with Crippen LogP contribution in [0.4, 0.5) is 0 Å². The minimum absolute atomic E-state index is 0.253. The maximum Gasteiger partial charge on any atom is 0.231 e. The minimum Gasteiger partial charge on any atom is -0.454 e. The molecule has 1 N–H and O–H groups in total. The molecule has 0 saturated carbocycles. The fourth-order valence-corrected chi connectivity index (χ4v) is 2.37. The Morgan fingerprint density at radius 2 is 2.00 bits per heavy atom. The molecule has 1 heterocycles. The highest BCUT2D eigenvalue weighted by atomic mass is 79.9. The second-order valence-electron chi connectivity index (χ2n) is 4.86. The molecule has 5 heteroatoms. The molecule has 0 bridgehead atoms. The lowest BCUT2D eigenvalue weighted by molar-refractivity contribution is 0.174. The lowest BCUT2D eigenvalue weighted by Gasteiger charge is -2.22. The highest BCUT2D eigenvalue weighted by Gasteiger charge is 2.18. The van der Waals surface area contributed by atoms with Crippen molar-refractivity contribution in [1.29, 1.82) is 0 Å². The van der Waals surface area contributed by atoms with Crippen LogP contribution in [0.5, 0.6) is 11.5 Å². The smallest absolute Gasteiger partial charge is 0.231 e. The second-order valence-corrected chi connectivity index (χ2v) is 7.23. The van der Waals surface area contributed by atoms with Crippen molar-refractivity contribution >= 4 is 27.7 Å². The van der Waals surface area contributed by atoms with Crippen molar-refractivity contribution in [2.45, 2.75) is 25.1 Å². The monoisotopic (exact) mass is 331 g/mol. The fraction of sp³-hybridized carbons (Fsp3) is 0.538. The number of thioether (sulfide) groups is 1. The van der Waals surface area contributed by atoms with E-state index in [0.717, 1.165) is 29.1 Å². The van der Waals surface area contributed by atoms with Crippen molar-refractivity contribution < 1.29 is 9.47 Å². The van der Waals surface area contributed by atoms with Gasteiger partial charge in [-0.25, -0.2) is 0 Å². The van der Waals surface area contributed by atoms with Gasteiger partial charge in [0.05, 0.1) is 0 Å². The molecule has 1 aliphatic rings. The van der Waals surface area contributed by atoms with Gasteiger partial charge in [0.1, 0.15) is 0 Å². The van der Waals surface area contributed by atoms with Gasteiger partial charge in [-0.15, -0.1) is 0 Å². The summed E-state index contributed by atoms with van der Waals surface area (Å²) in [5.41, 5.74) is 1.19. The summed E-state index contributed by atoms with van der Waals surface area (Å²) in [6.45, 7) is 6.58. The van der Waals surface area contributed by atoms with Gasteiger partial charge in [-0.3, -0.25) is 0 Å².